The van der Waals surface area contributed by atoms with Gasteiger partial charge in [0, 0.05) is 26.2 Å². The van der Waals surface area contributed by atoms with E-state index in [4.69, 9.17) is 6.57 Å². The van der Waals surface area contributed by atoms with Gasteiger partial charge in [-0.25, -0.2) is 15.0 Å². The molecule has 0 atom stereocenters. The molecule has 1 heterocycles. The van der Waals surface area contributed by atoms with E-state index in [0.29, 0.717) is 19.6 Å². The molecule has 0 radical (unpaired) electrons. The third kappa shape index (κ3) is 3.25. The fraction of sp³-hybridized carbons (Fsp3) is 0.875. The largest absolute Gasteiger partial charge is 0.316 e. The molecule has 0 N–H and O–H groups in total. The number of hydrogen-bond donors (Lipinski definition) is 0. The number of sulfonamides is 1. The van der Waals surface area contributed by atoms with Gasteiger partial charge in [-0.15, -0.1) is 0 Å². The van der Waals surface area contributed by atoms with E-state index in [-0.39, 0.29) is 0 Å². The third-order valence-electron chi connectivity index (χ3n) is 2.33. The van der Waals surface area contributed by atoms with Crippen molar-refractivity contribution in [2.75, 3.05) is 45.5 Å². The molecule has 0 aromatic rings. The Morgan fingerprint density at radius 2 is 1.86 bits per heavy atom. The number of piperazine rings is 1. The van der Waals surface area contributed by atoms with Crippen LogP contribution in [-0.4, -0.2) is 63.1 Å². The molecule has 5 nitrogen and oxygen atoms in total. The Bertz CT molecular complexity index is 312. The highest BCUT2D eigenvalue weighted by molar-refractivity contribution is 7.88. The first-order valence-electron chi connectivity index (χ1n) is 4.55. The molecule has 14 heavy (non-hydrogen) atoms. The lowest BCUT2D eigenvalue weighted by Gasteiger charge is -2.31. The average Bonchev–Trinajstić information content (AvgIpc) is 2.14. The Morgan fingerprint density at radius 1 is 1.29 bits per heavy atom. The summed E-state index contributed by atoms with van der Waals surface area (Å²) in [5, 5.41) is 0. The van der Waals surface area contributed by atoms with Crippen molar-refractivity contribution in [2.24, 2.45) is 0 Å². The van der Waals surface area contributed by atoms with Crippen molar-refractivity contribution in [1.82, 2.24) is 9.21 Å². The van der Waals surface area contributed by atoms with Crippen LogP contribution in [0.25, 0.3) is 4.85 Å². The van der Waals surface area contributed by atoms with Gasteiger partial charge in [0.15, 0.2) is 0 Å². The predicted molar refractivity (Wildman–Crippen MR) is 54.3 cm³/mol. The van der Waals surface area contributed by atoms with Crippen molar-refractivity contribution in [2.45, 2.75) is 0 Å². The summed E-state index contributed by atoms with van der Waals surface area (Å²) in [5.41, 5.74) is 0. The SMILES string of the molecule is [C-]#[N+]CCN1CCN(S(C)(=O)=O)CC1. The van der Waals surface area contributed by atoms with Crippen molar-refractivity contribution >= 4 is 10.0 Å². The fourth-order valence-corrected chi connectivity index (χ4v) is 2.30. The third-order valence-corrected chi connectivity index (χ3v) is 3.63. The van der Waals surface area contributed by atoms with Crippen LogP contribution in [0.2, 0.25) is 0 Å². The van der Waals surface area contributed by atoms with Crippen LogP contribution < -0.4 is 0 Å². The van der Waals surface area contributed by atoms with Crippen LogP contribution >= 0.6 is 0 Å². The molecule has 1 rings (SSSR count). The summed E-state index contributed by atoms with van der Waals surface area (Å²) in [6, 6.07) is 0. The maximum absolute atomic E-state index is 11.2. The van der Waals surface area contributed by atoms with Crippen molar-refractivity contribution < 1.29 is 8.42 Å². The second-order valence-electron chi connectivity index (χ2n) is 3.39. The van der Waals surface area contributed by atoms with E-state index in [1.807, 2.05) is 0 Å². The molecule has 0 bridgehead atoms. The Balaban J connectivity index is 2.36. The zero-order valence-electron chi connectivity index (χ0n) is 8.31. The van der Waals surface area contributed by atoms with Gasteiger partial charge >= 0.3 is 0 Å². The summed E-state index contributed by atoms with van der Waals surface area (Å²) in [5.74, 6) is 0. The van der Waals surface area contributed by atoms with Crippen molar-refractivity contribution in [1.29, 1.82) is 0 Å². The second kappa shape index (κ2) is 4.73. The van der Waals surface area contributed by atoms with E-state index in [9.17, 15) is 8.42 Å². The lowest BCUT2D eigenvalue weighted by molar-refractivity contribution is 0.196. The molecule has 0 aromatic heterocycles. The molecule has 0 saturated carbocycles. The van der Waals surface area contributed by atoms with Crippen LogP contribution in [0.3, 0.4) is 0 Å². The van der Waals surface area contributed by atoms with E-state index in [2.05, 4.69) is 9.74 Å². The summed E-state index contributed by atoms with van der Waals surface area (Å²) in [6.45, 7) is 10.5. The van der Waals surface area contributed by atoms with Crippen molar-refractivity contribution in [3.8, 4) is 0 Å². The molecule has 1 aliphatic heterocycles. The minimum atomic E-state index is -3.02. The van der Waals surface area contributed by atoms with Gasteiger partial charge in [-0.3, -0.25) is 4.90 Å². The lowest BCUT2D eigenvalue weighted by atomic mass is 10.3. The standard InChI is InChI=1S/C8H15N3O2S/c1-9-3-4-10-5-7-11(8-6-10)14(2,12)13/h3-8H2,2H3. The Hall–Kier alpha value is -0.640. The highest BCUT2D eigenvalue weighted by Crippen LogP contribution is 2.05. The van der Waals surface area contributed by atoms with Gasteiger partial charge in [0.05, 0.1) is 12.8 Å². The van der Waals surface area contributed by atoms with Gasteiger partial charge in [-0.05, 0) is 0 Å². The summed E-state index contributed by atoms with van der Waals surface area (Å²) in [7, 11) is -3.02. The Labute approximate surface area is 85.2 Å². The van der Waals surface area contributed by atoms with Crippen molar-refractivity contribution in [3.63, 3.8) is 0 Å². The van der Waals surface area contributed by atoms with Crippen LogP contribution in [-0.2, 0) is 10.0 Å². The number of hydrogen-bond acceptors (Lipinski definition) is 3. The highest BCUT2D eigenvalue weighted by atomic mass is 32.2. The number of nitrogens with zero attached hydrogens (tertiary/aromatic N) is 3. The quantitative estimate of drug-likeness (QED) is 0.598. The summed E-state index contributed by atoms with van der Waals surface area (Å²) in [6.07, 6.45) is 1.24. The van der Waals surface area contributed by atoms with Gasteiger partial charge in [0.2, 0.25) is 16.6 Å². The lowest BCUT2D eigenvalue weighted by Crippen LogP contribution is -2.48. The second-order valence-corrected chi connectivity index (χ2v) is 5.37. The van der Waals surface area contributed by atoms with Gasteiger partial charge < -0.3 is 4.85 Å². The van der Waals surface area contributed by atoms with Crippen LogP contribution in [0.5, 0.6) is 0 Å². The van der Waals surface area contributed by atoms with Gasteiger partial charge in [-0.2, -0.15) is 4.31 Å². The first-order valence-corrected chi connectivity index (χ1v) is 6.39. The molecule has 0 aromatic carbocycles. The minimum absolute atomic E-state index is 0.499. The Morgan fingerprint density at radius 3 is 2.29 bits per heavy atom. The first-order chi connectivity index (χ1) is 6.54. The molecule has 1 fully saturated rings. The molecule has 1 saturated heterocycles. The van der Waals surface area contributed by atoms with E-state index in [1.165, 1.54) is 10.6 Å². The summed E-state index contributed by atoms with van der Waals surface area (Å²) in [4.78, 5) is 5.40. The van der Waals surface area contributed by atoms with Gasteiger partial charge in [0.1, 0.15) is 0 Å². The molecule has 6 heteroatoms. The van der Waals surface area contributed by atoms with Gasteiger partial charge in [-0.1, -0.05) is 0 Å². The minimum Gasteiger partial charge on any atom is -0.316 e. The predicted octanol–water partition coefficient (Wildman–Crippen LogP) is -0.517. The maximum atomic E-state index is 11.2. The zero-order valence-corrected chi connectivity index (χ0v) is 9.13. The van der Waals surface area contributed by atoms with Gasteiger partial charge in [0.25, 0.3) is 0 Å². The molecule has 1 aliphatic rings. The van der Waals surface area contributed by atoms with Crippen LogP contribution in [0.15, 0.2) is 0 Å². The maximum Gasteiger partial charge on any atom is 0.227 e. The Kier molecular flexibility index (Phi) is 3.86. The molecule has 80 valence electrons. The zero-order chi connectivity index (χ0) is 10.6. The highest BCUT2D eigenvalue weighted by Gasteiger charge is 2.23. The summed E-state index contributed by atoms with van der Waals surface area (Å²) >= 11 is 0. The molecule has 0 amide bonds. The van der Waals surface area contributed by atoms with E-state index in [0.717, 1.165) is 19.6 Å². The molecule has 0 unspecified atom stereocenters. The fourth-order valence-electron chi connectivity index (χ4n) is 1.48. The average molecular weight is 217 g/mol. The number of rotatable bonds is 3. The van der Waals surface area contributed by atoms with E-state index in [1.54, 1.807) is 0 Å². The van der Waals surface area contributed by atoms with Crippen molar-refractivity contribution in [3.05, 3.63) is 11.4 Å². The van der Waals surface area contributed by atoms with Crippen LogP contribution in [0.1, 0.15) is 0 Å². The first kappa shape index (κ1) is 11.4. The van der Waals surface area contributed by atoms with Crippen LogP contribution in [0.4, 0.5) is 0 Å². The monoisotopic (exact) mass is 217 g/mol. The molecule has 0 spiro atoms. The van der Waals surface area contributed by atoms with E-state index >= 15 is 0 Å². The molecular weight excluding hydrogens is 202 g/mol. The van der Waals surface area contributed by atoms with E-state index < -0.39 is 10.0 Å². The summed E-state index contributed by atoms with van der Waals surface area (Å²) < 4.78 is 23.8. The van der Waals surface area contributed by atoms with Crippen LogP contribution in [0, 0.1) is 6.57 Å². The molecule has 0 aliphatic carbocycles. The topological polar surface area (TPSA) is 45.0 Å². The smallest absolute Gasteiger partial charge is 0.227 e. The normalized spacial score (nSPS) is 20.6. The molecular formula is C8H15N3O2S.